The van der Waals surface area contributed by atoms with Crippen molar-refractivity contribution in [3.05, 3.63) is 16.3 Å². The fourth-order valence-corrected chi connectivity index (χ4v) is 5.38. The normalized spacial score (nSPS) is 23.1. The van der Waals surface area contributed by atoms with E-state index < -0.39 is 0 Å². The van der Waals surface area contributed by atoms with Crippen molar-refractivity contribution < 1.29 is 10.0 Å². The van der Waals surface area contributed by atoms with Crippen LogP contribution < -0.4 is 10.2 Å². The third-order valence-electron chi connectivity index (χ3n) is 5.63. The molecule has 0 amide bonds. The second kappa shape index (κ2) is 7.56. The predicted octanol–water partition coefficient (Wildman–Crippen LogP) is 1.79. The van der Waals surface area contributed by atoms with Gasteiger partial charge in [-0.2, -0.15) is 0 Å². The number of aromatic nitrogens is 2. The third-order valence-corrected chi connectivity index (χ3v) is 6.81. The lowest BCUT2D eigenvalue weighted by molar-refractivity contribution is -0.920. The van der Waals surface area contributed by atoms with E-state index in [1.54, 1.807) is 4.90 Å². The van der Waals surface area contributed by atoms with E-state index in [1.807, 2.05) is 11.3 Å². The number of quaternary nitrogens is 1. The minimum absolute atomic E-state index is 0.214. The summed E-state index contributed by atoms with van der Waals surface area (Å²) >= 11 is 1.87. The molecule has 4 rings (SSSR count). The van der Waals surface area contributed by atoms with Crippen LogP contribution in [0, 0.1) is 5.92 Å². The first-order valence-corrected chi connectivity index (χ1v) is 10.6. The average Bonchev–Trinajstić information content (AvgIpc) is 3.18. The molecule has 0 radical (unpaired) electrons. The highest BCUT2D eigenvalue weighted by Crippen LogP contribution is 2.39. The maximum Gasteiger partial charge on any atom is 0.187 e. The van der Waals surface area contributed by atoms with Gasteiger partial charge in [0.25, 0.3) is 0 Å². The number of nitrogens with zero attached hydrogens (tertiary/aromatic N) is 2. The summed E-state index contributed by atoms with van der Waals surface area (Å²) in [6.07, 6.45) is 6.98. The number of likely N-dealkylation sites (tertiary alicyclic amines) is 1. The highest BCUT2D eigenvalue weighted by atomic mass is 32.1. The molecular weight excluding hydrogens is 332 g/mol. The number of aliphatic hydroxyl groups is 1. The van der Waals surface area contributed by atoms with Crippen LogP contribution in [0.2, 0.25) is 0 Å². The smallest absolute Gasteiger partial charge is 0.187 e. The number of rotatable bonds is 6. The highest BCUT2D eigenvalue weighted by molar-refractivity contribution is 7.19. The Labute approximate surface area is 153 Å². The number of aryl methyl sites for hydroxylation is 2. The number of nitrogens with one attached hydrogen (secondary N) is 2. The Morgan fingerprint density at radius 3 is 2.88 bits per heavy atom. The first-order chi connectivity index (χ1) is 12.2. The topological polar surface area (TPSA) is 62.5 Å². The zero-order valence-corrected chi connectivity index (χ0v) is 15.9. The van der Waals surface area contributed by atoms with Crippen LogP contribution in [0.15, 0.2) is 0 Å². The molecule has 1 saturated heterocycles. The molecule has 0 atom stereocenters. The van der Waals surface area contributed by atoms with Gasteiger partial charge in [0.2, 0.25) is 0 Å². The fourth-order valence-electron chi connectivity index (χ4n) is 4.10. The van der Waals surface area contributed by atoms with Gasteiger partial charge < -0.3 is 15.3 Å². The van der Waals surface area contributed by atoms with Gasteiger partial charge in [0, 0.05) is 18.0 Å². The summed E-state index contributed by atoms with van der Waals surface area (Å²) in [5.74, 6) is 2.84. The van der Waals surface area contributed by atoms with E-state index in [2.05, 4.69) is 12.2 Å². The molecule has 0 spiro atoms. The lowest BCUT2D eigenvalue weighted by Crippen LogP contribution is -3.11. The van der Waals surface area contributed by atoms with Crippen molar-refractivity contribution in [2.45, 2.75) is 52.0 Å². The monoisotopic (exact) mass is 361 g/mol. The molecule has 3 N–H and O–H groups in total. The number of hydrogen-bond acceptors (Lipinski definition) is 5. The maximum atomic E-state index is 9.09. The van der Waals surface area contributed by atoms with Crippen molar-refractivity contribution in [3.63, 3.8) is 0 Å². The Hall–Kier alpha value is -1.24. The number of anilines is 1. The average molecular weight is 362 g/mol. The van der Waals surface area contributed by atoms with E-state index >= 15 is 0 Å². The van der Waals surface area contributed by atoms with Crippen molar-refractivity contribution in [1.29, 1.82) is 0 Å². The Morgan fingerprint density at radius 2 is 2.08 bits per heavy atom. The van der Waals surface area contributed by atoms with Gasteiger partial charge in [-0.3, -0.25) is 0 Å². The minimum Gasteiger partial charge on any atom is -0.396 e. The summed E-state index contributed by atoms with van der Waals surface area (Å²) in [4.78, 5) is 14.1. The van der Waals surface area contributed by atoms with Gasteiger partial charge in [-0.25, -0.2) is 9.97 Å². The molecule has 0 saturated carbocycles. The number of fused-ring (bicyclic) bond motifs is 3. The zero-order chi connectivity index (χ0) is 17.2. The Morgan fingerprint density at radius 1 is 1.24 bits per heavy atom. The predicted molar refractivity (Wildman–Crippen MR) is 102 cm³/mol. The Kier molecular flexibility index (Phi) is 5.20. The zero-order valence-electron chi connectivity index (χ0n) is 15.1. The summed E-state index contributed by atoms with van der Waals surface area (Å²) in [5, 5.41) is 13.8. The van der Waals surface area contributed by atoms with Gasteiger partial charge in [0.15, 0.2) is 5.82 Å². The van der Waals surface area contributed by atoms with Crippen LogP contribution >= 0.6 is 11.3 Å². The van der Waals surface area contributed by atoms with Crippen LogP contribution in [-0.2, 0) is 19.4 Å². The summed E-state index contributed by atoms with van der Waals surface area (Å²) in [6, 6.07) is 0. The molecule has 0 aromatic carbocycles. The molecular formula is C19H29N4OS+. The van der Waals surface area contributed by atoms with E-state index in [0.29, 0.717) is 0 Å². The first kappa shape index (κ1) is 17.2. The van der Waals surface area contributed by atoms with Crippen LogP contribution in [0.1, 0.15) is 48.9 Å². The van der Waals surface area contributed by atoms with Crippen LogP contribution in [0.3, 0.4) is 0 Å². The molecule has 136 valence electrons. The molecule has 6 heteroatoms. The van der Waals surface area contributed by atoms with Gasteiger partial charge >= 0.3 is 0 Å². The quantitative estimate of drug-likeness (QED) is 0.687. The Bertz CT molecular complexity index is 737. The van der Waals surface area contributed by atoms with Crippen molar-refractivity contribution in [2.24, 2.45) is 5.92 Å². The molecule has 1 aliphatic carbocycles. The van der Waals surface area contributed by atoms with Crippen molar-refractivity contribution in [2.75, 3.05) is 31.6 Å². The molecule has 0 unspecified atom stereocenters. The van der Waals surface area contributed by atoms with E-state index in [9.17, 15) is 0 Å². The Balaban J connectivity index is 1.61. The lowest BCUT2D eigenvalue weighted by Gasteiger charge is -2.26. The molecule has 2 aliphatic rings. The number of hydrogen-bond donors (Lipinski definition) is 3. The standard InChI is InChI=1S/C19H28N4OS/c1-13-6-9-23(10-7-13)12-16-21-18(20-8-3-11-24)17-14-4-2-5-15(14)25-19(17)22-16/h13,24H,2-12H2,1H3,(H,20,21,22)/p+1. The molecule has 5 nitrogen and oxygen atoms in total. The van der Waals surface area contributed by atoms with Gasteiger partial charge in [-0.15, -0.1) is 11.3 Å². The molecule has 3 heterocycles. The van der Waals surface area contributed by atoms with Crippen LogP contribution in [-0.4, -0.2) is 41.3 Å². The fraction of sp³-hybridized carbons (Fsp3) is 0.684. The van der Waals surface area contributed by atoms with Crippen LogP contribution in [0.25, 0.3) is 10.2 Å². The second-order valence-corrected chi connectivity index (χ2v) is 8.72. The molecule has 25 heavy (non-hydrogen) atoms. The second-order valence-electron chi connectivity index (χ2n) is 7.64. The largest absolute Gasteiger partial charge is 0.396 e. The van der Waals surface area contributed by atoms with E-state index in [1.165, 1.54) is 54.6 Å². The summed E-state index contributed by atoms with van der Waals surface area (Å²) < 4.78 is 0. The third kappa shape index (κ3) is 3.66. The van der Waals surface area contributed by atoms with E-state index in [-0.39, 0.29) is 6.61 Å². The first-order valence-electron chi connectivity index (χ1n) is 9.74. The van der Waals surface area contributed by atoms with E-state index in [4.69, 9.17) is 15.1 Å². The molecule has 2 aromatic heterocycles. The summed E-state index contributed by atoms with van der Waals surface area (Å²) in [6.45, 7) is 6.73. The van der Waals surface area contributed by atoms with Gasteiger partial charge in [-0.1, -0.05) is 6.92 Å². The SMILES string of the molecule is CC1CC[NH+](Cc2nc(NCCCO)c3c4c(sc3n2)CCC4)CC1. The van der Waals surface area contributed by atoms with Crippen molar-refractivity contribution in [1.82, 2.24) is 9.97 Å². The minimum atomic E-state index is 0.214. The molecule has 1 fully saturated rings. The van der Waals surface area contributed by atoms with E-state index in [0.717, 1.165) is 48.3 Å². The highest BCUT2D eigenvalue weighted by Gasteiger charge is 2.24. The van der Waals surface area contributed by atoms with Gasteiger partial charge in [-0.05, 0) is 50.0 Å². The van der Waals surface area contributed by atoms with Crippen LogP contribution in [0.4, 0.5) is 5.82 Å². The van der Waals surface area contributed by atoms with Crippen molar-refractivity contribution in [3.8, 4) is 0 Å². The lowest BCUT2D eigenvalue weighted by atomic mass is 9.99. The molecule has 1 aliphatic heterocycles. The number of thiophene rings is 1. The molecule has 0 bridgehead atoms. The van der Waals surface area contributed by atoms with Gasteiger partial charge in [0.1, 0.15) is 17.2 Å². The van der Waals surface area contributed by atoms with Crippen molar-refractivity contribution >= 4 is 27.4 Å². The van der Waals surface area contributed by atoms with Crippen LogP contribution in [0.5, 0.6) is 0 Å². The summed E-state index contributed by atoms with van der Waals surface area (Å²) in [5.41, 5.74) is 1.47. The summed E-state index contributed by atoms with van der Waals surface area (Å²) in [7, 11) is 0. The van der Waals surface area contributed by atoms with Gasteiger partial charge in [0.05, 0.1) is 18.5 Å². The number of piperidine rings is 1. The maximum absolute atomic E-state index is 9.09. The number of aliphatic hydroxyl groups excluding tert-OH is 1. The molecule has 2 aromatic rings.